The maximum Gasteiger partial charge on any atom is 0.256 e. The highest BCUT2D eigenvalue weighted by atomic mass is 16.2. The Hall–Kier alpha value is -2.24. The van der Waals surface area contributed by atoms with Gasteiger partial charge in [-0.3, -0.25) is 19.5 Å². The average Bonchev–Trinajstić information content (AvgIpc) is 2.84. The van der Waals surface area contributed by atoms with Crippen molar-refractivity contribution in [2.45, 2.75) is 58.9 Å². The fraction of sp³-hybridized carbons (Fsp3) is 0.579. The predicted octanol–water partition coefficient (Wildman–Crippen LogP) is 2.30. The first-order valence-corrected chi connectivity index (χ1v) is 8.95. The molecule has 0 bridgehead atoms. The summed E-state index contributed by atoms with van der Waals surface area (Å²) in [6.45, 7) is 8.48. The number of aromatic nitrogens is 1. The summed E-state index contributed by atoms with van der Waals surface area (Å²) in [5.41, 5.74) is 6.27. The monoisotopic (exact) mass is 344 g/mol. The van der Waals surface area contributed by atoms with Gasteiger partial charge in [0.1, 0.15) is 11.2 Å². The van der Waals surface area contributed by atoms with Gasteiger partial charge in [0.15, 0.2) is 5.84 Å². The zero-order valence-corrected chi connectivity index (χ0v) is 15.6. The van der Waals surface area contributed by atoms with Gasteiger partial charge < -0.3 is 5.73 Å². The third-order valence-corrected chi connectivity index (χ3v) is 4.91. The number of carbonyl (C=O) groups excluding carboxylic acids is 2. The highest BCUT2D eigenvalue weighted by Crippen LogP contribution is 2.32. The van der Waals surface area contributed by atoms with Crippen molar-refractivity contribution in [3.05, 3.63) is 29.6 Å². The lowest BCUT2D eigenvalue weighted by molar-refractivity contribution is -0.132. The van der Waals surface area contributed by atoms with Crippen LogP contribution in [0.3, 0.4) is 0 Å². The largest absolute Gasteiger partial charge is 0.370 e. The molecule has 2 N–H and O–H groups in total. The van der Waals surface area contributed by atoms with Gasteiger partial charge >= 0.3 is 0 Å². The molecule has 1 atom stereocenters. The van der Waals surface area contributed by atoms with E-state index in [1.54, 1.807) is 4.90 Å². The first kappa shape index (κ1) is 19.1. The lowest BCUT2D eigenvalue weighted by Gasteiger charge is -2.25. The van der Waals surface area contributed by atoms with E-state index < -0.39 is 5.54 Å². The molecule has 6 heteroatoms. The van der Waals surface area contributed by atoms with Crippen molar-refractivity contribution in [1.29, 1.82) is 0 Å². The van der Waals surface area contributed by atoms with Crippen LogP contribution < -0.4 is 5.73 Å². The van der Waals surface area contributed by atoms with Crippen LogP contribution in [0.2, 0.25) is 0 Å². The second-order valence-electron chi connectivity index (χ2n) is 7.02. The number of nitrogens with two attached hydrogens (primary N) is 1. The van der Waals surface area contributed by atoms with E-state index >= 15 is 0 Å². The third kappa shape index (κ3) is 4.06. The molecule has 0 radical (unpaired) electrons. The molecule has 2 amide bonds. The molecule has 0 saturated heterocycles. The number of rotatable bonds is 8. The molecule has 2 heterocycles. The van der Waals surface area contributed by atoms with Crippen molar-refractivity contribution in [3.8, 4) is 0 Å². The number of hydrogen-bond acceptors (Lipinski definition) is 4. The molecular formula is C19H28N4O2. The van der Waals surface area contributed by atoms with Gasteiger partial charge in [-0.05, 0) is 43.7 Å². The standard InChI is InChI=1S/C19H28N4O2/c1-5-14-9-10-15(21-12-14)17-22-19(4,13(2)3)18(25)23(17)11-7-6-8-16(20)24/h9-10,12-13H,5-8,11H2,1-4H3,(H2,20,24). The zero-order valence-electron chi connectivity index (χ0n) is 15.6. The zero-order chi connectivity index (χ0) is 18.6. The van der Waals surface area contributed by atoms with Gasteiger partial charge in [-0.1, -0.05) is 26.8 Å². The van der Waals surface area contributed by atoms with Crippen LogP contribution in [0.1, 0.15) is 58.2 Å². The van der Waals surface area contributed by atoms with Gasteiger partial charge in [-0.2, -0.15) is 0 Å². The number of pyridine rings is 1. The number of hydrogen-bond donors (Lipinski definition) is 1. The molecule has 1 aliphatic rings. The van der Waals surface area contributed by atoms with Crippen LogP contribution in [0.25, 0.3) is 0 Å². The first-order valence-electron chi connectivity index (χ1n) is 8.95. The third-order valence-electron chi connectivity index (χ3n) is 4.91. The SMILES string of the molecule is CCc1ccc(C2=NC(C)(C(C)C)C(=O)N2CCCCC(N)=O)nc1. The molecule has 136 valence electrons. The Morgan fingerprint density at radius 2 is 2.04 bits per heavy atom. The van der Waals surface area contributed by atoms with Gasteiger partial charge in [0.2, 0.25) is 5.91 Å². The maximum atomic E-state index is 13.0. The van der Waals surface area contributed by atoms with Crippen LogP contribution in [-0.2, 0) is 16.0 Å². The summed E-state index contributed by atoms with van der Waals surface area (Å²) in [6.07, 6.45) is 4.44. The highest BCUT2D eigenvalue weighted by molar-refractivity contribution is 6.14. The summed E-state index contributed by atoms with van der Waals surface area (Å²) < 4.78 is 0. The second kappa shape index (κ2) is 7.76. The molecule has 0 aromatic carbocycles. The van der Waals surface area contributed by atoms with E-state index in [-0.39, 0.29) is 17.7 Å². The smallest absolute Gasteiger partial charge is 0.256 e. The fourth-order valence-electron chi connectivity index (χ4n) is 2.81. The van der Waals surface area contributed by atoms with E-state index in [2.05, 4.69) is 11.9 Å². The van der Waals surface area contributed by atoms with Crippen molar-refractivity contribution >= 4 is 17.6 Å². The lowest BCUT2D eigenvalue weighted by Crippen LogP contribution is -2.44. The maximum absolute atomic E-state index is 13.0. The molecular weight excluding hydrogens is 316 g/mol. The summed E-state index contributed by atoms with van der Waals surface area (Å²) >= 11 is 0. The van der Waals surface area contributed by atoms with Gasteiger partial charge in [-0.25, -0.2) is 4.99 Å². The molecule has 1 aromatic heterocycles. The molecule has 25 heavy (non-hydrogen) atoms. The lowest BCUT2D eigenvalue weighted by atomic mass is 9.89. The molecule has 1 aliphatic heterocycles. The van der Waals surface area contributed by atoms with E-state index in [4.69, 9.17) is 10.7 Å². The van der Waals surface area contributed by atoms with Crippen LogP contribution in [0.5, 0.6) is 0 Å². The highest BCUT2D eigenvalue weighted by Gasteiger charge is 2.47. The summed E-state index contributed by atoms with van der Waals surface area (Å²) in [5, 5.41) is 0. The topological polar surface area (TPSA) is 88.6 Å². The van der Waals surface area contributed by atoms with Gasteiger partial charge in [0.05, 0.1) is 0 Å². The minimum atomic E-state index is -0.774. The van der Waals surface area contributed by atoms with Crippen molar-refractivity contribution in [3.63, 3.8) is 0 Å². The first-order chi connectivity index (χ1) is 11.8. The molecule has 1 aromatic rings. The van der Waals surface area contributed by atoms with Crippen molar-refractivity contribution in [2.75, 3.05) is 6.54 Å². The fourth-order valence-corrected chi connectivity index (χ4v) is 2.81. The number of aryl methyl sites for hydroxylation is 1. The van der Waals surface area contributed by atoms with E-state index in [9.17, 15) is 9.59 Å². The van der Waals surface area contributed by atoms with Crippen LogP contribution in [0.15, 0.2) is 23.3 Å². The summed E-state index contributed by atoms with van der Waals surface area (Å²) in [5.74, 6) is 0.395. The summed E-state index contributed by atoms with van der Waals surface area (Å²) in [4.78, 5) is 34.9. The molecule has 2 rings (SSSR count). The van der Waals surface area contributed by atoms with Gasteiger partial charge in [-0.15, -0.1) is 0 Å². The molecule has 0 saturated carbocycles. The number of carbonyl (C=O) groups is 2. The number of unbranched alkanes of at least 4 members (excludes halogenated alkanes) is 1. The summed E-state index contributed by atoms with van der Waals surface area (Å²) in [6, 6.07) is 3.94. The quantitative estimate of drug-likeness (QED) is 0.734. The number of amidine groups is 1. The molecule has 0 fully saturated rings. The van der Waals surface area contributed by atoms with Crippen molar-refractivity contribution in [1.82, 2.24) is 9.88 Å². The van der Waals surface area contributed by atoms with Crippen LogP contribution >= 0.6 is 0 Å². The molecule has 1 unspecified atom stereocenters. The minimum Gasteiger partial charge on any atom is -0.370 e. The second-order valence-corrected chi connectivity index (χ2v) is 7.02. The van der Waals surface area contributed by atoms with Crippen molar-refractivity contribution in [2.24, 2.45) is 16.6 Å². The Bertz CT molecular complexity index is 667. The number of aliphatic imine (C=N–C) groups is 1. The number of nitrogens with zero attached hydrogens (tertiary/aromatic N) is 3. The minimum absolute atomic E-state index is 0.00190. The average molecular weight is 344 g/mol. The Morgan fingerprint density at radius 1 is 1.32 bits per heavy atom. The Balaban J connectivity index is 2.26. The molecule has 6 nitrogen and oxygen atoms in total. The van der Waals surface area contributed by atoms with Crippen LogP contribution in [0, 0.1) is 5.92 Å². The molecule has 0 aliphatic carbocycles. The normalized spacial score (nSPS) is 20.3. The van der Waals surface area contributed by atoms with Gasteiger partial charge in [0.25, 0.3) is 5.91 Å². The van der Waals surface area contributed by atoms with Crippen LogP contribution in [0.4, 0.5) is 0 Å². The Kier molecular flexibility index (Phi) is 5.93. The van der Waals surface area contributed by atoms with Gasteiger partial charge in [0, 0.05) is 19.2 Å². The summed E-state index contributed by atoms with van der Waals surface area (Å²) in [7, 11) is 0. The van der Waals surface area contributed by atoms with E-state index in [0.29, 0.717) is 37.3 Å². The number of amides is 2. The van der Waals surface area contributed by atoms with E-state index in [1.165, 1.54) is 0 Å². The van der Waals surface area contributed by atoms with E-state index in [0.717, 1.165) is 12.0 Å². The Labute approximate surface area is 149 Å². The van der Waals surface area contributed by atoms with E-state index in [1.807, 2.05) is 39.1 Å². The predicted molar refractivity (Wildman–Crippen MR) is 98.2 cm³/mol. The van der Waals surface area contributed by atoms with Crippen molar-refractivity contribution < 1.29 is 9.59 Å². The molecule has 0 spiro atoms. The Morgan fingerprint density at radius 3 is 2.56 bits per heavy atom. The number of primary amides is 1. The van der Waals surface area contributed by atoms with Crippen LogP contribution in [-0.4, -0.2) is 39.6 Å².